The first-order valence-electron chi connectivity index (χ1n) is 8.48. The van der Waals surface area contributed by atoms with Gasteiger partial charge in [-0.25, -0.2) is 8.42 Å². The molecule has 136 valence electrons. The molecule has 1 unspecified atom stereocenters. The summed E-state index contributed by atoms with van der Waals surface area (Å²) in [7, 11) is -5.19. The molecule has 0 radical (unpaired) electrons. The summed E-state index contributed by atoms with van der Waals surface area (Å²) in [6, 6.07) is 13.7. The van der Waals surface area contributed by atoms with Crippen LogP contribution in [0.15, 0.2) is 53.4 Å². The predicted molar refractivity (Wildman–Crippen MR) is 109 cm³/mol. The maximum Gasteiger partial charge on any atom is 0.244 e. The SMILES string of the molecule is Cc1ccc(S(=O)(=O)N2[C@H](C#C[Si](C)(C)C)[C@@H]2c2ccc(Cl)cc2)cc1. The largest absolute Gasteiger partial charge is 0.244 e. The highest BCUT2D eigenvalue weighted by Crippen LogP contribution is 2.47. The zero-order valence-corrected chi connectivity index (χ0v) is 17.9. The van der Waals surface area contributed by atoms with Crippen molar-refractivity contribution in [3.8, 4) is 11.5 Å². The number of rotatable bonds is 3. The third-order valence-electron chi connectivity index (χ3n) is 4.16. The van der Waals surface area contributed by atoms with Crippen molar-refractivity contribution in [3.63, 3.8) is 0 Å². The van der Waals surface area contributed by atoms with Gasteiger partial charge in [0, 0.05) is 5.02 Å². The van der Waals surface area contributed by atoms with E-state index in [1.54, 1.807) is 24.3 Å². The van der Waals surface area contributed by atoms with Gasteiger partial charge >= 0.3 is 0 Å². The molecule has 0 saturated carbocycles. The first-order valence-corrected chi connectivity index (χ1v) is 13.8. The molecule has 0 bridgehead atoms. The molecule has 0 spiro atoms. The Balaban J connectivity index is 1.99. The van der Waals surface area contributed by atoms with Crippen molar-refractivity contribution < 1.29 is 8.42 Å². The van der Waals surface area contributed by atoms with Crippen LogP contribution in [0, 0.1) is 18.4 Å². The van der Waals surface area contributed by atoms with Crippen molar-refractivity contribution in [3.05, 3.63) is 64.7 Å². The molecule has 1 fully saturated rings. The van der Waals surface area contributed by atoms with Gasteiger partial charge in [-0.1, -0.05) is 67.0 Å². The molecule has 3 nitrogen and oxygen atoms in total. The Morgan fingerprint density at radius 2 is 1.58 bits per heavy atom. The molecule has 3 rings (SSSR count). The van der Waals surface area contributed by atoms with Crippen molar-refractivity contribution in [1.82, 2.24) is 4.31 Å². The zero-order valence-electron chi connectivity index (χ0n) is 15.3. The molecule has 0 N–H and O–H groups in total. The van der Waals surface area contributed by atoms with Gasteiger partial charge in [0.05, 0.1) is 10.9 Å². The van der Waals surface area contributed by atoms with Crippen molar-refractivity contribution in [1.29, 1.82) is 0 Å². The van der Waals surface area contributed by atoms with Crippen molar-refractivity contribution >= 4 is 29.7 Å². The summed E-state index contributed by atoms with van der Waals surface area (Å²) in [5, 5.41) is 0.632. The summed E-state index contributed by atoms with van der Waals surface area (Å²) in [6.45, 7) is 8.39. The lowest BCUT2D eigenvalue weighted by atomic mass is 10.1. The van der Waals surface area contributed by atoms with Gasteiger partial charge in [-0.15, -0.1) is 5.54 Å². The van der Waals surface area contributed by atoms with E-state index in [0.29, 0.717) is 9.92 Å². The normalized spacial score (nSPS) is 22.4. The number of halogens is 1. The lowest BCUT2D eigenvalue weighted by Gasteiger charge is -2.07. The van der Waals surface area contributed by atoms with Crippen LogP contribution in [0.3, 0.4) is 0 Å². The molecule has 1 saturated heterocycles. The Bertz CT molecular complexity index is 968. The Hall–Kier alpha value is -1.58. The Kier molecular flexibility index (Phi) is 5.06. The first kappa shape index (κ1) is 19.2. The minimum atomic E-state index is -3.59. The summed E-state index contributed by atoms with van der Waals surface area (Å²) < 4.78 is 27.8. The minimum absolute atomic E-state index is 0.262. The molecule has 1 aliphatic heterocycles. The number of sulfonamides is 1. The minimum Gasteiger partial charge on any atom is -0.207 e. The van der Waals surface area contributed by atoms with Gasteiger partial charge in [-0.05, 0) is 36.8 Å². The second-order valence-corrected chi connectivity index (χ2v) is 14.6. The maximum atomic E-state index is 13.1. The molecule has 0 amide bonds. The lowest BCUT2D eigenvalue weighted by Crippen LogP contribution is -2.18. The summed E-state index contributed by atoms with van der Waals surface area (Å²) in [5.41, 5.74) is 5.26. The van der Waals surface area contributed by atoms with Crippen LogP contribution in [0.4, 0.5) is 0 Å². The molecule has 1 aliphatic rings. The van der Waals surface area contributed by atoms with Crippen LogP contribution in [0.5, 0.6) is 0 Å². The zero-order chi connectivity index (χ0) is 19.1. The van der Waals surface area contributed by atoms with E-state index in [0.717, 1.165) is 11.1 Å². The fraction of sp³-hybridized carbons (Fsp3) is 0.300. The molecular formula is C20H22ClNO2SSi. The molecule has 0 aliphatic carbocycles. The van der Waals surface area contributed by atoms with E-state index >= 15 is 0 Å². The van der Waals surface area contributed by atoms with Gasteiger partial charge in [0.15, 0.2) is 0 Å². The Labute approximate surface area is 162 Å². The summed E-state index contributed by atoms with van der Waals surface area (Å²) in [5.74, 6) is 3.22. The third kappa shape index (κ3) is 4.05. The summed E-state index contributed by atoms with van der Waals surface area (Å²) in [4.78, 5) is 0.305. The Morgan fingerprint density at radius 3 is 2.12 bits per heavy atom. The maximum absolute atomic E-state index is 13.1. The van der Waals surface area contributed by atoms with Crippen LogP contribution in [0.2, 0.25) is 24.7 Å². The van der Waals surface area contributed by atoms with E-state index < -0.39 is 18.1 Å². The molecular weight excluding hydrogens is 382 g/mol. The van der Waals surface area contributed by atoms with E-state index in [1.165, 1.54) is 4.31 Å². The monoisotopic (exact) mass is 403 g/mol. The van der Waals surface area contributed by atoms with Crippen LogP contribution < -0.4 is 0 Å². The lowest BCUT2D eigenvalue weighted by molar-refractivity contribution is 0.551. The average molecular weight is 404 g/mol. The van der Waals surface area contributed by atoms with Gasteiger partial charge in [-0.2, -0.15) is 4.31 Å². The van der Waals surface area contributed by atoms with Gasteiger partial charge in [0.1, 0.15) is 14.1 Å². The summed E-state index contributed by atoms with van der Waals surface area (Å²) >= 11 is 5.98. The Morgan fingerprint density at radius 1 is 1.00 bits per heavy atom. The van der Waals surface area contributed by atoms with Gasteiger partial charge < -0.3 is 0 Å². The molecule has 6 heteroatoms. The standard InChI is InChI=1S/C20H22ClNO2SSi/c1-15-5-11-18(12-6-15)25(23,24)22-19(13-14-26(2,3)4)20(22)16-7-9-17(21)10-8-16/h5-12,19-20H,1-4H3/t19-,20+,22?/m1/s1. The van der Waals surface area contributed by atoms with Crippen LogP contribution in [-0.4, -0.2) is 26.8 Å². The highest BCUT2D eigenvalue weighted by molar-refractivity contribution is 7.89. The van der Waals surface area contributed by atoms with E-state index in [-0.39, 0.29) is 12.1 Å². The van der Waals surface area contributed by atoms with Crippen LogP contribution >= 0.6 is 11.6 Å². The number of nitrogens with zero attached hydrogens (tertiary/aromatic N) is 1. The van der Waals surface area contributed by atoms with Gasteiger partial charge in [-0.3, -0.25) is 0 Å². The highest BCUT2D eigenvalue weighted by atomic mass is 35.5. The number of hydrogen-bond donors (Lipinski definition) is 0. The number of hydrogen-bond acceptors (Lipinski definition) is 2. The van der Waals surface area contributed by atoms with Crippen LogP contribution in [-0.2, 0) is 10.0 Å². The molecule has 3 atom stereocenters. The van der Waals surface area contributed by atoms with Crippen molar-refractivity contribution in [2.75, 3.05) is 0 Å². The fourth-order valence-electron chi connectivity index (χ4n) is 2.76. The fourth-order valence-corrected chi connectivity index (χ4v) is 5.14. The first-order chi connectivity index (χ1) is 12.1. The quantitative estimate of drug-likeness (QED) is 0.425. The third-order valence-corrected chi connectivity index (χ3v) is 7.18. The molecule has 2 aromatic carbocycles. The van der Waals surface area contributed by atoms with Crippen molar-refractivity contribution in [2.45, 2.75) is 43.5 Å². The molecule has 2 aromatic rings. The number of aryl methyl sites for hydroxylation is 1. The average Bonchev–Trinajstić information content (AvgIpc) is 3.29. The smallest absolute Gasteiger partial charge is 0.207 e. The van der Waals surface area contributed by atoms with E-state index in [2.05, 4.69) is 31.1 Å². The van der Waals surface area contributed by atoms with E-state index in [1.807, 2.05) is 31.2 Å². The predicted octanol–water partition coefficient (Wildman–Crippen LogP) is 4.64. The van der Waals surface area contributed by atoms with E-state index in [4.69, 9.17) is 11.6 Å². The molecule has 26 heavy (non-hydrogen) atoms. The van der Waals surface area contributed by atoms with Crippen LogP contribution in [0.25, 0.3) is 0 Å². The number of benzene rings is 2. The van der Waals surface area contributed by atoms with Gasteiger partial charge in [0.2, 0.25) is 10.0 Å². The topological polar surface area (TPSA) is 37.1 Å². The second-order valence-electron chi connectivity index (χ2n) is 7.61. The van der Waals surface area contributed by atoms with Gasteiger partial charge in [0.25, 0.3) is 0 Å². The summed E-state index contributed by atoms with van der Waals surface area (Å²) in [6.07, 6.45) is 0. The molecule has 1 heterocycles. The molecule has 0 aromatic heterocycles. The highest BCUT2D eigenvalue weighted by Gasteiger charge is 2.55. The van der Waals surface area contributed by atoms with Crippen LogP contribution in [0.1, 0.15) is 17.2 Å². The van der Waals surface area contributed by atoms with Crippen molar-refractivity contribution in [2.24, 2.45) is 0 Å². The van der Waals surface area contributed by atoms with E-state index in [9.17, 15) is 8.42 Å². The second kappa shape index (κ2) is 6.86.